The highest BCUT2D eigenvalue weighted by Gasteiger charge is 2.25. The monoisotopic (exact) mass is 299 g/mol. The molecule has 0 radical (unpaired) electrons. The van der Waals surface area contributed by atoms with E-state index in [-0.39, 0.29) is 31.5 Å². The van der Waals surface area contributed by atoms with Crippen LogP contribution in [0.25, 0.3) is 0 Å². The number of benzene rings is 1. The van der Waals surface area contributed by atoms with Gasteiger partial charge in [0.25, 0.3) is 0 Å². The van der Waals surface area contributed by atoms with E-state index in [1.807, 2.05) is 30.3 Å². The Morgan fingerprint density at radius 1 is 1.40 bits per heavy atom. The van der Waals surface area contributed by atoms with Crippen LogP contribution >= 0.6 is 12.4 Å². The van der Waals surface area contributed by atoms with E-state index in [4.69, 9.17) is 10.5 Å². The molecule has 3 N–H and O–H groups in total. The molecule has 0 aromatic heterocycles. The van der Waals surface area contributed by atoms with Crippen LogP contribution in [0.1, 0.15) is 5.56 Å². The van der Waals surface area contributed by atoms with Crippen LogP contribution in [0, 0.1) is 0 Å². The van der Waals surface area contributed by atoms with Crippen molar-refractivity contribution >= 4 is 24.4 Å². The molecular formula is C13H18ClN3O3. The van der Waals surface area contributed by atoms with Gasteiger partial charge in [-0.2, -0.15) is 0 Å². The minimum Gasteiger partial charge on any atom is -0.445 e. The summed E-state index contributed by atoms with van der Waals surface area (Å²) in [6.07, 6.45) is -0.448. The van der Waals surface area contributed by atoms with Gasteiger partial charge in [-0.05, 0) is 5.56 Å². The number of ether oxygens (including phenoxy) is 1. The third-order valence-electron chi connectivity index (χ3n) is 2.90. The van der Waals surface area contributed by atoms with Crippen LogP contribution < -0.4 is 11.1 Å². The summed E-state index contributed by atoms with van der Waals surface area (Å²) in [6, 6.07) is 8.73. The summed E-state index contributed by atoms with van der Waals surface area (Å²) in [6.45, 7) is 1.20. The second-order valence-corrected chi connectivity index (χ2v) is 4.38. The lowest BCUT2D eigenvalue weighted by atomic mass is 10.2. The molecule has 0 saturated carbocycles. The average molecular weight is 300 g/mol. The van der Waals surface area contributed by atoms with Crippen molar-refractivity contribution in [3.05, 3.63) is 35.9 Å². The van der Waals surface area contributed by atoms with Gasteiger partial charge >= 0.3 is 6.09 Å². The number of hydrogen-bond acceptors (Lipinski definition) is 4. The lowest BCUT2D eigenvalue weighted by Gasteiger charge is -2.20. The van der Waals surface area contributed by atoms with Crippen LogP contribution in [-0.4, -0.2) is 42.6 Å². The summed E-state index contributed by atoms with van der Waals surface area (Å²) < 4.78 is 5.20. The molecule has 0 unspecified atom stereocenters. The first-order valence-electron chi connectivity index (χ1n) is 6.16. The molecular weight excluding hydrogens is 282 g/mol. The van der Waals surface area contributed by atoms with Gasteiger partial charge in [0.15, 0.2) is 0 Å². The van der Waals surface area contributed by atoms with Crippen molar-refractivity contribution in [2.45, 2.75) is 12.6 Å². The summed E-state index contributed by atoms with van der Waals surface area (Å²) in [5.74, 6) is -0.238. The lowest BCUT2D eigenvalue weighted by Crippen LogP contribution is -2.45. The molecule has 0 aliphatic carbocycles. The summed E-state index contributed by atoms with van der Waals surface area (Å²) in [4.78, 5) is 24.7. The molecule has 1 heterocycles. The van der Waals surface area contributed by atoms with Gasteiger partial charge in [0, 0.05) is 19.6 Å². The minimum atomic E-state index is -0.702. The van der Waals surface area contributed by atoms with Crippen molar-refractivity contribution in [1.82, 2.24) is 10.2 Å². The zero-order valence-corrected chi connectivity index (χ0v) is 11.8. The van der Waals surface area contributed by atoms with Crippen molar-refractivity contribution in [3.8, 4) is 0 Å². The van der Waals surface area contributed by atoms with Crippen molar-refractivity contribution in [2.24, 2.45) is 5.73 Å². The van der Waals surface area contributed by atoms with Gasteiger partial charge in [0.1, 0.15) is 12.6 Å². The number of carbonyl (C=O) groups excluding carboxylic acids is 2. The number of hydrogen-bond donors (Lipinski definition) is 2. The molecule has 1 fully saturated rings. The highest BCUT2D eigenvalue weighted by Crippen LogP contribution is 2.04. The van der Waals surface area contributed by atoms with Crippen LogP contribution in [0.3, 0.4) is 0 Å². The van der Waals surface area contributed by atoms with E-state index in [1.54, 1.807) is 0 Å². The van der Waals surface area contributed by atoms with Gasteiger partial charge in [-0.15, -0.1) is 12.4 Å². The Balaban J connectivity index is 0.00000200. The molecule has 1 aromatic carbocycles. The van der Waals surface area contributed by atoms with Crippen LogP contribution in [0.5, 0.6) is 0 Å². The molecule has 1 atom stereocenters. The van der Waals surface area contributed by atoms with Crippen molar-refractivity contribution in [3.63, 3.8) is 0 Å². The molecule has 110 valence electrons. The van der Waals surface area contributed by atoms with E-state index in [0.29, 0.717) is 13.1 Å². The maximum atomic E-state index is 11.9. The standard InChI is InChI=1S/C13H17N3O3.ClH/c14-11-8-16(7-6-15-12(11)17)13(18)19-9-10-4-2-1-3-5-10;/h1-5,11H,6-9,14H2,(H,15,17);1H/t11-;/m1./s1. The fourth-order valence-electron chi connectivity index (χ4n) is 1.83. The van der Waals surface area contributed by atoms with E-state index in [0.717, 1.165) is 5.56 Å². The summed E-state index contributed by atoms with van der Waals surface area (Å²) >= 11 is 0. The van der Waals surface area contributed by atoms with Crippen LogP contribution in [0.2, 0.25) is 0 Å². The Kier molecular flexibility index (Phi) is 6.27. The van der Waals surface area contributed by atoms with E-state index in [1.165, 1.54) is 4.90 Å². The molecule has 1 aliphatic rings. The number of carbonyl (C=O) groups is 2. The summed E-state index contributed by atoms with van der Waals surface area (Å²) in [7, 11) is 0. The van der Waals surface area contributed by atoms with Gasteiger partial charge in [0.05, 0.1) is 0 Å². The quantitative estimate of drug-likeness (QED) is 0.833. The van der Waals surface area contributed by atoms with E-state index < -0.39 is 12.1 Å². The predicted octanol–water partition coefficient (Wildman–Crippen LogP) is 0.504. The van der Waals surface area contributed by atoms with Crippen LogP contribution in [0.15, 0.2) is 30.3 Å². The maximum absolute atomic E-state index is 11.9. The third-order valence-corrected chi connectivity index (χ3v) is 2.90. The number of nitrogens with two attached hydrogens (primary N) is 1. The number of amides is 2. The van der Waals surface area contributed by atoms with Crippen molar-refractivity contribution in [2.75, 3.05) is 19.6 Å². The van der Waals surface area contributed by atoms with E-state index >= 15 is 0 Å². The van der Waals surface area contributed by atoms with Gasteiger partial charge in [-0.3, -0.25) is 4.79 Å². The lowest BCUT2D eigenvalue weighted by molar-refractivity contribution is -0.121. The highest BCUT2D eigenvalue weighted by atomic mass is 35.5. The van der Waals surface area contributed by atoms with Crippen LogP contribution in [0.4, 0.5) is 4.79 Å². The Hall–Kier alpha value is -1.79. The van der Waals surface area contributed by atoms with Crippen molar-refractivity contribution < 1.29 is 14.3 Å². The molecule has 1 saturated heterocycles. The van der Waals surface area contributed by atoms with Gasteiger partial charge in [-0.25, -0.2) is 4.79 Å². The zero-order valence-electron chi connectivity index (χ0n) is 11.0. The fraction of sp³-hybridized carbons (Fsp3) is 0.385. The van der Waals surface area contributed by atoms with E-state index in [9.17, 15) is 9.59 Å². The molecule has 2 amide bonds. The van der Waals surface area contributed by atoms with Gasteiger partial charge in [-0.1, -0.05) is 30.3 Å². The molecule has 2 rings (SSSR count). The first-order valence-corrected chi connectivity index (χ1v) is 6.16. The largest absolute Gasteiger partial charge is 0.445 e. The predicted molar refractivity (Wildman–Crippen MR) is 76.4 cm³/mol. The Morgan fingerprint density at radius 3 is 2.80 bits per heavy atom. The molecule has 7 heteroatoms. The van der Waals surface area contributed by atoms with Gasteiger partial charge in [0.2, 0.25) is 5.91 Å². The minimum absolute atomic E-state index is 0. The highest BCUT2D eigenvalue weighted by molar-refractivity contribution is 5.85. The number of nitrogens with zero attached hydrogens (tertiary/aromatic N) is 1. The summed E-state index contributed by atoms with van der Waals surface area (Å²) in [5.41, 5.74) is 6.57. The van der Waals surface area contributed by atoms with Gasteiger partial charge < -0.3 is 20.7 Å². The molecule has 20 heavy (non-hydrogen) atoms. The molecule has 0 bridgehead atoms. The molecule has 6 nitrogen and oxygen atoms in total. The van der Waals surface area contributed by atoms with Crippen LogP contribution in [-0.2, 0) is 16.1 Å². The number of rotatable bonds is 2. The number of nitrogens with one attached hydrogen (secondary N) is 1. The third kappa shape index (κ3) is 4.40. The van der Waals surface area contributed by atoms with E-state index in [2.05, 4.69) is 5.32 Å². The second-order valence-electron chi connectivity index (χ2n) is 4.38. The maximum Gasteiger partial charge on any atom is 0.410 e. The SMILES string of the molecule is Cl.N[C@@H]1CN(C(=O)OCc2ccccc2)CCNC1=O. The Labute approximate surface area is 123 Å². The first kappa shape index (κ1) is 16.3. The fourth-order valence-corrected chi connectivity index (χ4v) is 1.83. The smallest absolute Gasteiger partial charge is 0.410 e. The Morgan fingerprint density at radius 2 is 2.10 bits per heavy atom. The molecule has 1 aliphatic heterocycles. The normalized spacial score (nSPS) is 18.6. The topological polar surface area (TPSA) is 84.7 Å². The second kappa shape index (κ2) is 7.72. The summed E-state index contributed by atoms with van der Waals surface area (Å²) in [5, 5.41) is 2.64. The molecule has 1 aromatic rings. The average Bonchev–Trinajstić information content (AvgIpc) is 2.60. The zero-order chi connectivity index (χ0) is 13.7. The van der Waals surface area contributed by atoms with Crippen molar-refractivity contribution in [1.29, 1.82) is 0 Å². The first-order chi connectivity index (χ1) is 9.16. The molecule has 0 spiro atoms. The number of halogens is 1. The Bertz CT molecular complexity index is 455.